The largest absolute Gasteiger partial charge is 0.340 e. The second-order valence-corrected chi connectivity index (χ2v) is 5.27. The zero-order valence-electron chi connectivity index (χ0n) is 10.9. The Kier molecular flexibility index (Phi) is 3.33. The molecule has 6 heteroatoms. The fourth-order valence-electron chi connectivity index (χ4n) is 1.96. The molecule has 0 saturated heterocycles. The fraction of sp³-hybridized carbons (Fsp3) is 0.143. The van der Waals surface area contributed by atoms with Crippen LogP contribution < -0.4 is 5.73 Å². The molecule has 0 aliphatic carbocycles. The van der Waals surface area contributed by atoms with Crippen molar-refractivity contribution in [1.29, 1.82) is 0 Å². The SMILES string of the molecule is Cc1csc(-c2nc(CN)[nH]c2-c2ccc(F)cc2)n1. The van der Waals surface area contributed by atoms with E-state index in [1.807, 2.05) is 12.3 Å². The maximum absolute atomic E-state index is 13.0. The maximum Gasteiger partial charge on any atom is 0.144 e. The number of thiazole rings is 1. The van der Waals surface area contributed by atoms with Gasteiger partial charge in [-0.25, -0.2) is 14.4 Å². The highest BCUT2D eigenvalue weighted by Crippen LogP contribution is 2.32. The van der Waals surface area contributed by atoms with Gasteiger partial charge in [0.1, 0.15) is 22.3 Å². The van der Waals surface area contributed by atoms with Gasteiger partial charge in [0.05, 0.1) is 12.2 Å². The molecule has 2 heterocycles. The Morgan fingerprint density at radius 2 is 2.00 bits per heavy atom. The first kappa shape index (κ1) is 13.0. The molecule has 3 aromatic rings. The summed E-state index contributed by atoms with van der Waals surface area (Å²) in [5, 5.41) is 2.80. The van der Waals surface area contributed by atoms with Crippen LogP contribution in [0, 0.1) is 12.7 Å². The van der Waals surface area contributed by atoms with E-state index in [1.54, 1.807) is 12.1 Å². The lowest BCUT2D eigenvalue weighted by molar-refractivity contribution is 0.628. The number of hydrogen-bond acceptors (Lipinski definition) is 4. The molecule has 0 aliphatic rings. The standard InChI is InChI=1S/C14H13FN4S/c1-8-7-20-14(17-8)13-12(18-11(6-16)19-13)9-2-4-10(15)5-3-9/h2-5,7H,6,16H2,1H3,(H,18,19). The van der Waals surface area contributed by atoms with E-state index in [1.165, 1.54) is 23.5 Å². The van der Waals surface area contributed by atoms with Crippen LogP contribution in [0.4, 0.5) is 4.39 Å². The Balaban J connectivity index is 2.14. The highest BCUT2D eigenvalue weighted by atomic mass is 32.1. The predicted molar refractivity (Wildman–Crippen MR) is 77.7 cm³/mol. The van der Waals surface area contributed by atoms with E-state index in [0.717, 1.165) is 27.7 Å². The molecule has 0 fully saturated rings. The van der Waals surface area contributed by atoms with Crippen molar-refractivity contribution in [2.75, 3.05) is 0 Å². The normalized spacial score (nSPS) is 10.9. The summed E-state index contributed by atoms with van der Waals surface area (Å²) in [4.78, 5) is 12.1. The summed E-state index contributed by atoms with van der Waals surface area (Å²) >= 11 is 1.53. The molecule has 0 atom stereocenters. The van der Waals surface area contributed by atoms with Crippen LogP contribution in [-0.2, 0) is 6.54 Å². The van der Waals surface area contributed by atoms with Gasteiger partial charge in [-0.1, -0.05) is 0 Å². The summed E-state index contributed by atoms with van der Waals surface area (Å²) in [6, 6.07) is 6.28. The molecule has 0 radical (unpaired) electrons. The van der Waals surface area contributed by atoms with Crippen molar-refractivity contribution >= 4 is 11.3 Å². The van der Waals surface area contributed by atoms with Gasteiger partial charge in [-0.15, -0.1) is 11.3 Å². The number of aryl methyl sites for hydroxylation is 1. The fourth-order valence-corrected chi connectivity index (χ4v) is 2.75. The molecule has 2 aromatic heterocycles. The van der Waals surface area contributed by atoms with Crippen molar-refractivity contribution in [2.45, 2.75) is 13.5 Å². The molecule has 0 unspecified atom stereocenters. The van der Waals surface area contributed by atoms with Crippen molar-refractivity contribution in [2.24, 2.45) is 5.73 Å². The van der Waals surface area contributed by atoms with Crippen molar-refractivity contribution in [3.05, 3.63) is 47.0 Å². The average molecular weight is 288 g/mol. The summed E-state index contributed by atoms with van der Waals surface area (Å²) in [6.07, 6.45) is 0. The van der Waals surface area contributed by atoms with E-state index in [0.29, 0.717) is 12.4 Å². The van der Waals surface area contributed by atoms with E-state index < -0.39 is 0 Å². The van der Waals surface area contributed by atoms with Crippen LogP contribution in [0.5, 0.6) is 0 Å². The molecular weight excluding hydrogens is 275 g/mol. The maximum atomic E-state index is 13.0. The molecule has 3 rings (SSSR count). The second-order valence-electron chi connectivity index (χ2n) is 4.41. The van der Waals surface area contributed by atoms with Crippen molar-refractivity contribution in [3.63, 3.8) is 0 Å². The first-order valence-electron chi connectivity index (χ1n) is 6.15. The number of aromatic amines is 1. The molecule has 102 valence electrons. The molecule has 4 nitrogen and oxygen atoms in total. The summed E-state index contributed by atoms with van der Waals surface area (Å²) in [6.45, 7) is 2.26. The Hall–Kier alpha value is -2.05. The van der Waals surface area contributed by atoms with E-state index in [9.17, 15) is 4.39 Å². The Labute approximate surface area is 119 Å². The van der Waals surface area contributed by atoms with Crippen molar-refractivity contribution < 1.29 is 4.39 Å². The summed E-state index contributed by atoms with van der Waals surface area (Å²) in [7, 11) is 0. The minimum absolute atomic E-state index is 0.265. The number of hydrogen-bond donors (Lipinski definition) is 2. The van der Waals surface area contributed by atoms with Gasteiger partial charge in [0.2, 0.25) is 0 Å². The number of H-pyrrole nitrogens is 1. The second kappa shape index (κ2) is 5.15. The molecular formula is C14H13FN4S. The van der Waals surface area contributed by atoms with Crippen LogP contribution in [0.1, 0.15) is 11.5 Å². The molecule has 0 bridgehead atoms. The van der Waals surface area contributed by atoms with Crippen LogP contribution in [0.15, 0.2) is 29.6 Å². The van der Waals surface area contributed by atoms with Crippen LogP contribution >= 0.6 is 11.3 Å². The quantitative estimate of drug-likeness (QED) is 0.778. The van der Waals surface area contributed by atoms with Gasteiger partial charge in [-0.3, -0.25) is 0 Å². The van der Waals surface area contributed by atoms with Crippen molar-refractivity contribution in [1.82, 2.24) is 15.0 Å². The minimum atomic E-state index is -0.265. The molecule has 0 saturated carbocycles. The van der Waals surface area contributed by atoms with E-state index in [4.69, 9.17) is 5.73 Å². The first-order valence-corrected chi connectivity index (χ1v) is 7.02. The van der Waals surface area contributed by atoms with Gasteiger partial charge < -0.3 is 10.7 Å². The van der Waals surface area contributed by atoms with Gasteiger partial charge >= 0.3 is 0 Å². The summed E-state index contributed by atoms with van der Waals surface area (Å²) in [5.41, 5.74) is 9.04. The highest BCUT2D eigenvalue weighted by Gasteiger charge is 2.16. The summed E-state index contributed by atoms with van der Waals surface area (Å²) in [5.74, 6) is 0.422. The van der Waals surface area contributed by atoms with Gasteiger partial charge in [0, 0.05) is 16.6 Å². The number of imidazole rings is 1. The van der Waals surface area contributed by atoms with E-state index in [-0.39, 0.29) is 5.82 Å². The smallest absolute Gasteiger partial charge is 0.144 e. The molecule has 0 amide bonds. The topological polar surface area (TPSA) is 67.6 Å². The predicted octanol–water partition coefficient (Wildman–Crippen LogP) is 3.11. The van der Waals surface area contributed by atoms with E-state index in [2.05, 4.69) is 15.0 Å². The van der Waals surface area contributed by atoms with Crippen LogP contribution in [0.3, 0.4) is 0 Å². The number of nitrogens with zero attached hydrogens (tertiary/aromatic N) is 2. The van der Waals surface area contributed by atoms with Crippen molar-refractivity contribution in [3.8, 4) is 22.0 Å². The number of nitrogens with one attached hydrogen (secondary N) is 1. The Morgan fingerprint density at radius 3 is 2.60 bits per heavy atom. The van der Waals surface area contributed by atoms with Gasteiger partial charge in [-0.05, 0) is 31.2 Å². The first-order chi connectivity index (χ1) is 9.67. The molecule has 0 aliphatic heterocycles. The zero-order chi connectivity index (χ0) is 14.1. The lowest BCUT2D eigenvalue weighted by Gasteiger charge is -2.00. The Morgan fingerprint density at radius 1 is 1.25 bits per heavy atom. The molecule has 1 aromatic carbocycles. The number of benzene rings is 1. The summed E-state index contributed by atoms with van der Waals surface area (Å²) < 4.78 is 13.0. The average Bonchev–Trinajstić information content (AvgIpc) is 3.05. The van der Waals surface area contributed by atoms with Gasteiger partial charge in [0.15, 0.2) is 0 Å². The minimum Gasteiger partial charge on any atom is -0.340 e. The third-order valence-electron chi connectivity index (χ3n) is 2.90. The number of rotatable bonds is 3. The van der Waals surface area contributed by atoms with Crippen LogP contribution in [0.25, 0.3) is 22.0 Å². The zero-order valence-corrected chi connectivity index (χ0v) is 11.7. The van der Waals surface area contributed by atoms with Gasteiger partial charge in [-0.2, -0.15) is 0 Å². The third kappa shape index (κ3) is 2.35. The highest BCUT2D eigenvalue weighted by molar-refractivity contribution is 7.13. The molecule has 3 N–H and O–H groups in total. The van der Waals surface area contributed by atoms with E-state index >= 15 is 0 Å². The van der Waals surface area contributed by atoms with Gasteiger partial charge in [0.25, 0.3) is 0 Å². The molecule has 0 spiro atoms. The number of aromatic nitrogens is 3. The van der Waals surface area contributed by atoms with Crippen LogP contribution in [0.2, 0.25) is 0 Å². The third-order valence-corrected chi connectivity index (χ3v) is 3.87. The van der Waals surface area contributed by atoms with Crippen LogP contribution in [-0.4, -0.2) is 15.0 Å². The lowest BCUT2D eigenvalue weighted by atomic mass is 10.1. The number of nitrogens with two attached hydrogens (primary N) is 1. The monoisotopic (exact) mass is 288 g/mol. The molecule has 20 heavy (non-hydrogen) atoms. The number of halogens is 1. The Bertz CT molecular complexity index is 730. The lowest BCUT2D eigenvalue weighted by Crippen LogP contribution is -1.97.